The minimum Gasteiger partial charge on any atom is -0.451 e. The lowest BCUT2D eigenvalue weighted by Gasteiger charge is -2.26. The molecule has 0 atom stereocenters. The molecular weight excluding hydrogens is 248 g/mol. The molecule has 0 spiro atoms. The van der Waals surface area contributed by atoms with Gasteiger partial charge in [-0.1, -0.05) is 61.2 Å². The molecule has 2 aromatic rings. The van der Waals surface area contributed by atoms with E-state index in [9.17, 15) is 4.79 Å². The molecule has 20 heavy (non-hydrogen) atoms. The van der Waals surface area contributed by atoms with Crippen LogP contribution in [-0.4, -0.2) is 5.97 Å². The lowest BCUT2D eigenvalue weighted by molar-refractivity contribution is -0.00314. The van der Waals surface area contributed by atoms with E-state index in [1.807, 2.05) is 62.4 Å². The zero-order valence-electron chi connectivity index (χ0n) is 11.8. The van der Waals surface area contributed by atoms with Gasteiger partial charge in [0.15, 0.2) is 0 Å². The average molecular weight is 266 g/mol. The number of rotatable bonds is 4. The summed E-state index contributed by atoms with van der Waals surface area (Å²) in [6.45, 7) is 7.49. The third-order valence-corrected chi connectivity index (χ3v) is 3.22. The Kier molecular flexibility index (Phi) is 4.04. The van der Waals surface area contributed by atoms with Crippen LogP contribution in [0.15, 0.2) is 61.2 Å². The molecule has 0 unspecified atom stereocenters. The van der Waals surface area contributed by atoms with Gasteiger partial charge in [-0.15, -0.1) is 0 Å². The third-order valence-electron chi connectivity index (χ3n) is 3.22. The highest BCUT2D eigenvalue weighted by molar-refractivity contribution is 5.93. The smallest absolute Gasteiger partial charge is 0.339 e. The summed E-state index contributed by atoms with van der Waals surface area (Å²) in [6, 6.07) is 17.0. The number of carbonyl (C=O) groups excluding carboxylic acids is 1. The fourth-order valence-electron chi connectivity index (χ4n) is 2.05. The van der Waals surface area contributed by atoms with Crippen molar-refractivity contribution in [2.24, 2.45) is 0 Å². The number of esters is 1. The second-order valence-electron chi connectivity index (χ2n) is 5.06. The lowest BCUT2D eigenvalue weighted by atomic mass is 9.98. The van der Waals surface area contributed by atoms with Gasteiger partial charge in [0, 0.05) is 0 Å². The summed E-state index contributed by atoms with van der Waals surface area (Å²) in [5.74, 6) is -0.339. The first-order chi connectivity index (χ1) is 9.54. The van der Waals surface area contributed by atoms with Crippen LogP contribution in [0.1, 0.15) is 35.3 Å². The summed E-state index contributed by atoms with van der Waals surface area (Å²) >= 11 is 0. The molecule has 0 aliphatic rings. The monoisotopic (exact) mass is 266 g/mol. The van der Waals surface area contributed by atoms with Crippen LogP contribution in [0.25, 0.3) is 6.08 Å². The van der Waals surface area contributed by atoms with Gasteiger partial charge in [0.25, 0.3) is 0 Å². The summed E-state index contributed by atoms with van der Waals surface area (Å²) < 4.78 is 5.67. The molecular formula is C18H18O2. The molecule has 102 valence electrons. The van der Waals surface area contributed by atoms with E-state index in [2.05, 4.69) is 6.58 Å². The predicted octanol–water partition coefficient (Wildman–Crippen LogP) is 4.42. The van der Waals surface area contributed by atoms with E-state index in [4.69, 9.17) is 4.74 Å². The summed E-state index contributed by atoms with van der Waals surface area (Å²) in [5, 5.41) is 0. The Balaban J connectivity index is 2.25. The normalized spacial score (nSPS) is 10.9. The van der Waals surface area contributed by atoms with E-state index in [1.54, 1.807) is 12.1 Å². The summed E-state index contributed by atoms with van der Waals surface area (Å²) in [5.41, 5.74) is 1.60. The Morgan fingerprint density at radius 2 is 1.65 bits per heavy atom. The Labute approximate surface area is 119 Å². The fourth-order valence-corrected chi connectivity index (χ4v) is 2.05. The number of hydrogen-bond acceptors (Lipinski definition) is 2. The lowest BCUT2D eigenvalue weighted by Crippen LogP contribution is -2.26. The molecule has 2 aromatic carbocycles. The van der Waals surface area contributed by atoms with Crippen LogP contribution in [0.2, 0.25) is 0 Å². The molecule has 2 heteroatoms. The van der Waals surface area contributed by atoms with Crippen molar-refractivity contribution in [3.8, 4) is 0 Å². The van der Waals surface area contributed by atoms with Gasteiger partial charge in [-0.25, -0.2) is 4.79 Å². The van der Waals surface area contributed by atoms with Crippen LogP contribution in [0.5, 0.6) is 0 Å². The molecule has 0 saturated carbocycles. The SMILES string of the molecule is C=Cc1ccccc1C(=O)OC(C)(C)c1ccccc1. The van der Waals surface area contributed by atoms with Crippen molar-refractivity contribution in [1.29, 1.82) is 0 Å². The largest absolute Gasteiger partial charge is 0.451 e. The van der Waals surface area contributed by atoms with Crippen molar-refractivity contribution in [2.45, 2.75) is 19.4 Å². The highest BCUT2D eigenvalue weighted by Crippen LogP contribution is 2.26. The summed E-state index contributed by atoms with van der Waals surface area (Å²) in [7, 11) is 0. The van der Waals surface area contributed by atoms with E-state index in [-0.39, 0.29) is 5.97 Å². The third kappa shape index (κ3) is 2.97. The standard InChI is InChI=1S/C18H18O2/c1-4-14-10-8-9-13-16(14)17(19)20-18(2,3)15-11-6-5-7-12-15/h4-13H,1H2,2-3H3. The Morgan fingerprint density at radius 3 is 2.30 bits per heavy atom. The van der Waals surface area contributed by atoms with Crippen molar-refractivity contribution in [2.75, 3.05) is 0 Å². The first-order valence-corrected chi connectivity index (χ1v) is 6.55. The van der Waals surface area contributed by atoms with Gasteiger partial charge in [0.05, 0.1) is 5.56 Å². The first-order valence-electron chi connectivity index (χ1n) is 6.55. The number of benzene rings is 2. The number of carbonyl (C=O) groups is 1. The van der Waals surface area contributed by atoms with Crippen molar-refractivity contribution in [3.05, 3.63) is 77.9 Å². The maximum atomic E-state index is 12.3. The number of hydrogen-bond donors (Lipinski definition) is 0. The van der Waals surface area contributed by atoms with E-state index >= 15 is 0 Å². The van der Waals surface area contributed by atoms with Crippen molar-refractivity contribution < 1.29 is 9.53 Å². The molecule has 0 bridgehead atoms. The average Bonchev–Trinajstić information content (AvgIpc) is 2.47. The quantitative estimate of drug-likeness (QED) is 0.766. The summed E-state index contributed by atoms with van der Waals surface area (Å²) in [4.78, 5) is 12.3. The van der Waals surface area contributed by atoms with Gasteiger partial charge >= 0.3 is 5.97 Å². The second-order valence-corrected chi connectivity index (χ2v) is 5.06. The molecule has 0 fully saturated rings. The highest BCUT2D eigenvalue weighted by Gasteiger charge is 2.26. The van der Waals surface area contributed by atoms with E-state index < -0.39 is 5.60 Å². The van der Waals surface area contributed by atoms with Crippen molar-refractivity contribution >= 4 is 12.0 Å². The molecule has 2 rings (SSSR count). The second kappa shape index (κ2) is 5.74. The Bertz CT molecular complexity index is 612. The van der Waals surface area contributed by atoms with Crippen LogP contribution >= 0.6 is 0 Å². The van der Waals surface area contributed by atoms with Gasteiger partial charge in [0.2, 0.25) is 0 Å². The van der Waals surface area contributed by atoms with Crippen molar-refractivity contribution in [3.63, 3.8) is 0 Å². The van der Waals surface area contributed by atoms with Crippen LogP contribution in [0.3, 0.4) is 0 Å². The molecule has 2 nitrogen and oxygen atoms in total. The van der Waals surface area contributed by atoms with Crippen LogP contribution < -0.4 is 0 Å². The number of ether oxygens (including phenoxy) is 1. The van der Waals surface area contributed by atoms with Gasteiger partial charge in [-0.05, 0) is 31.0 Å². The molecule has 0 amide bonds. The van der Waals surface area contributed by atoms with Gasteiger partial charge in [-0.3, -0.25) is 0 Å². The molecule has 0 saturated heterocycles. The minimum absolute atomic E-state index is 0.339. The van der Waals surface area contributed by atoms with Crippen LogP contribution in [-0.2, 0) is 10.3 Å². The molecule has 0 aliphatic carbocycles. The van der Waals surface area contributed by atoms with Gasteiger partial charge in [-0.2, -0.15) is 0 Å². The predicted molar refractivity (Wildman–Crippen MR) is 81.4 cm³/mol. The molecule has 0 heterocycles. The van der Waals surface area contributed by atoms with E-state index in [0.29, 0.717) is 5.56 Å². The van der Waals surface area contributed by atoms with Crippen molar-refractivity contribution in [1.82, 2.24) is 0 Å². The molecule has 0 N–H and O–H groups in total. The van der Waals surface area contributed by atoms with E-state index in [0.717, 1.165) is 11.1 Å². The van der Waals surface area contributed by atoms with Gasteiger partial charge in [0.1, 0.15) is 5.60 Å². The first kappa shape index (κ1) is 14.1. The topological polar surface area (TPSA) is 26.3 Å². The molecule has 0 aromatic heterocycles. The van der Waals surface area contributed by atoms with Crippen LogP contribution in [0.4, 0.5) is 0 Å². The van der Waals surface area contributed by atoms with E-state index in [1.165, 1.54) is 0 Å². The zero-order chi connectivity index (χ0) is 14.6. The highest BCUT2D eigenvalue weighted by atomic mass is 16.6. The zero-order valence-corrected chi connectivity index (χ0v) is 11.8. The molecule has 0 radical (unpaired) electrons. The fraction of sp³-hybridized carbons (Fsp3) is 0.167. The van der Waals surface area contributed by atoms with Crippen LogP contribution in [0, 0.1) is 0 Å². The molecule has 0 aliphatic heterocycles. The Hall–Kier alpha value is -2.35. The Morgan fingerprint density at radius 1 is 1.05 bits per heavy atom. The minimum atomic E-state index is -0.674. The summed E-state index contributed by atoms with van der Waals surface area (Å²) in [6.07, 6.45) is 1.66. The van der Waals surface area contributed by atoms with Gasteiger partial charge < -0.3 is 4.74 Å². The maximum Gasteiger partial charge on any atom is 0.339 e. The maximum absolute atomic E-state index is 12.3.